The molecule has 0 aliphatic heterocycles. The third-order valence-corrected chi connectivity index (χ3v) is 3.52. The Morgan fingerprint density at radius 3 is 2.26 bits per heavy atom. The first-order valence-corrected chi connectivity index (χ1v) is 6.44. The van der Waals surface area contributed by atoms with Crippen molar-refractivity contribution in [3.05, 3.63) is 0 Å². The molecule has 1 rings (SSSR count). The fourth-order valence-electron chi connectivity index (χ4n) is 2.30. The average Bonchev–Trinajstić information content (AvgIpc) is 2.35. The number of carboxylic acid groups (broad SMARTS) is 1. The van der Waals surface area contributed by atoms with Crippen LogP contribution in [0.25, 0.3) is 0 Å². The zero-order valence-corrected chi connectivity index (χ0v) is 10.8. The zero-order chi connectivity index (χ0) is 14.4. The Labute approximate surface area is 111 Å². The molecular weight excluding hydrogens is 250 g/mol. The summed E-state index contributed by atoms with van der Waals surface area (Å²) in [5.41, 5.74) is 10.5. The van der Waals surface area contributed by atoms with Gasteiger partial charge in [0.2, 0.25) is 11.8 Å². The molecule has 1 aliphatic rings. The topological polar surface area (TPSA) is 136 Å². The fourth-order valence-corrected chi connectivity index (χ4v) is 2.30. The molecule has 1 saturated carbocycles. The number of nitrogens with one attached hydrogen (secondary N) is 1. The molecular formula is C12H21N3O4. The molecule has 0 radical (unpaired) electrons. The van der Waals surface area contributed by atoms with Crippen molar-refractivity contribution in [2.75, 3.05) is 6.54 Å². The van der Waals surface area contributed by atoms with Crippen molar-refractivity contribution < 1.29 is 19.5 Å². The molecule has 6 N–H and O–H groups in total. The second-order valence-electron chi connectivity index (χ2n) is 5.08. The first-order valence-electron chi connectivity index (χ1n) is 6.44. The quantitative estimate of drug-likeness (QED) is 0.501. The Balaban J connectivity index is 2.25. The Morgan fingerprint density at radius 1 is 1.21 bits per heavy atom. The maximum Gasteiger partial charge on any atom is 0.306 e. The molecule has 0 aromatic heterocycles. The van der Waals surface area contributed by atoms with Crippen LogP contribution in [0.1, 0.15) is 32.1 Å². The standard InChI is InChI=1S/C12H21N3O4/c13-9(5-10(14)16)11(17)15-6-7-1-3-8(4-2-7)12(18)19/h7-9H,1-6,13H2,(H2,14,16)(H,15,17)(H,18,19). The third-order valence-electron chi connectivity index (χ3n) is 3.52. The lowest BCUT2D eigenvalue weighted by Crippen LogP contribution is -2.44. The molecule has 0 spiro atoms. The number of amides is 2. The number of hydrogen-bond acceptors (Lipinski definition) is 4. The predicted molar refractivity (Wildman–Crippen MR) is 67.9 cm³/mol. The van der Waals surface area contributed by atoms with E-state index in [-0.39, 0.29) is 24.2 Å². The van der Waals surface area contributed by atoms with E-state index in [9.17, 15) is 14.4 Å². The van der Waals surface area contributed by atoms with Crippen LogP contribution in [-0.4, -0.2) is 35.5 Å². The van der Waals surface area contributed by atoms with Crippen molar-refractivity contribution >= 4 is 17.8 Å². The molecule has 0 aromatic carbocycles. The molecule has 108 valence electrons. The van der Waals surface area contributed by atoms with Gasteiger partial charge in [0.05, 0.1) is 18.4 Å². The van der Waals surface area contributed by atoms with E-state index < -0.39 is 17.9 Å². The van der Waals surface area contributed by atoms with Crippen molar-refractivity contribution in [3.63, 3.8) is 0 Å². The van der Waals surface area contributed by atoms with Gasteiger partial charge < -0.3 is 21.9 Å². The molecule has 1 fully saturated rings. The second kappa shape index (κ2) is 7.08. The number of aliphatic carboxylic acids is 1. The molecule has 0 saturated heterocycles. The van der Waals surface area contributed by atoms with Gasteiger partial charge in [-0.25, -0.2) is 0 Å². The number of carbonyl (C=O) groups excluding carboxylic acids is 2. The lowest BCUT2D eigenvalue weighted by Gasteiger charge is -2.26. The molecule has 2 amide bonds. The number of carbonyl (C=O) groups is 3. The second-order valence-corrected chi connectivity index (χ2v) is 5.08. The summed E-state index contributed by atoms with van der Waals surface area (Å²) in [4.78, 5) is 33.0. The van der Waals surface area contributed by atoms with Crippen molar-refractivity contribution in [3.8, 4) is 0 Å². The van der Waals surface area contributed by atoms with Gasteiger partial charge in [0.15, 0.2) is 0 Å². The molecule has 19 heavy (non-hydrogen) atoms. The van der Waals surface area contributed by atoms with Gasteiger partial charge in [-0.3, -0.25) is 14.4 Å². The van der Waals surface area contributed by atoms with E-state index in [4.69, 9.17) is 16.6 Å². The van der Waals surface area contributed by atoms with Crippen molar-refractivity contribution in [2.24, 2.45) is 23.3 Å². The van der Waals surface area contributed by atoms with Crippen LogP contribution < -0.4 is 16.8 Å². The molecule has 7 heteroatoms. The zero-order valence-electron chi connectivity index (χ0n) is 10.8. The summed E-state index contributed by atoms with van der Waals surface area (Å²) in [7, 11) is 0. The summed E-state index contributed by atoms with van der Waals surface area (Å²) in [6, 6.07) is -0.909. The Hall–Kier alpha value is -1.63. The molecule has 7 nitrogen and oxygen atoms in total. The minimum absolute atomic E-state index is 0.169. The van der Waals surface area contributed by atoms with Crippen LogP contribution in [-0.2, 0) is 14.4 Å². The number of primary amides is 1. The highest BCUT2D eigenvalue weighted by atomic mass is 16.4. The van der Waals surface area contributed by atoms with Gasteiger partial charge >= 0.3 is 5.97 Å². The van der Waals surface area contributed by atoms with E-state index in [2.05, 4.69) is 5.32 Å². The summed E-state index contributed by atoms with van der Waals surface area (Å²) in [5.74, 6) is -1.72. The van der Waals surface area contributed by atoms with Crippen LogP contribution in [0.3, 0.4) is 0 Å². The molecule has 1 unspecified atom stereocenters. The average molecular weight is 271 g/mol. The molecule has 0 bridgehead atoms. The third kappa shape index (κ3) is 5.25. The summed E-state index contributed by atoms with van der Waals surface area (Å²) < 4.78 is 0. The summed E-state index contributed by atoms with van der Waals surface area (Å²) in [5, 5.41) is 11.6. The van der Waals surface area contributed by atoms with Gasteiger partial charge in [0, 0.05) is 6.54 Å². The van der Waals surface area contributed by atoms with E-state index in [0.717, 1.165) is 12.8 Å². The smallest absolute Gasteiger partial charge is 0.306 e. The van der Waals surface area contributed by atoms with Gasteiger partial charge in [-0.2, -0.15) is 0 Å². The maximum absolute atomic E-state index is 11.6. The molecule has 0 heterocycles. The molecule has 1 aliphatic carbocycles. The summed E-state index contributed by atoms with van der Waals surface area (Å²) in [6.45, 7) is 0.470. The van der Waals surface area contributed by atoms with E-state index in [1.165, 1.54) is 0 Å². The summed E-state index contributed by atoms with van der Waals surface area (Å²) in [6.07, 6.45) is 2.68. The predicted octanol–water partition coefficient (Wildman–Crippen LogP) is -0.804. The van der Waals surface area contributed by atoms with Gasteiger partial charge in [-0.15, -0.1) is 0 Å². The van der Waals surface area contributed by atoms with Crippen molar-refractivity contribution in [1.29, 1.82) is 0 Å². The van der Waals surface area contributed by atoms with Crippen LogP contribution in [0.5, 0.6) is 0 Å². The number of carboxylic acids is 1. The monoisotopic (exact) mass is 271 g/mol. The fraction of sp³-hybridized carbons (Fsp3) is 0.750. The number of nitrogens with two attached hydrogens (primary N) is 2. The van der Waals surface area contributed by atoms with Crippen LogP contribution in [0.2, 0.25) is 0 Å². The van der Waals surface area contributed by atoms with E-state index in [1.54, 1.807) is 0 Å². The lowest BCUT2D eigenvalue weighted by atomic mass is 9.82. The SMILES string of the molecule is NC(=O)CC(N)C(=O)NCC1CCC(C(=O)O)CC1. The largest absolute Gasteiger partial charge is 0.481 e. The maximum atomic E-state index is 11.6. The van der Waals surface area contributed by atoms with Gasteiger partial charge in [-0.1, -0.05) is 0 Å². The van der Waals surface area contributed by atoms with Crippen LogP contribution in [0.4, 0.5) is 0 Å². The number of hydrogen-bond donors (Lipinski definition) is 4. The molecule has 1 atom stereocenters. The first kappa shape index (κ1) is 15.4. The highest BCUT2D eigenvalue weighted by molar-refractivity contribution is 5.87. The van der Waals surface area contributed by atoms with Gasteiger partial charge in [-0.05, 0) is 31.6 Å². The van der Waals surface area contributed by atoms with Crippen molar-refractivity contribution in [2.45, 2.75) is 38.1 Å². The molecule has 0 aromatic rings. The van der Waals surface area contributed by atoms with E-state index >= 15 is 0 Å². The normalized spacial score (nSPS) is 24.5. The minimum atomic E-state index is -0.909. The summed E-state index contributed by atoms with van der Waals surface area (Å²) >= 11 is 0. The van der Waals surface area contributed by atoms with Crippen molar-refractivity contribution in [1.82, 2.24) is 5.32 Å². The van der Waals surface area contributed by atoms with Crippen LogP contribution >= 0.6 is 0 Å². The Bertz CT molecular complexity index is 351. The highest BCUT2D eigenvalue weighted by Gasteiger charge is 2.26. The minimum Gasteiger partial charge on any atom is -0.481 e. The van der Waals surface area contributed by atoms with Gasteiger partial charge in [0.1, 0.15) is 0 Å². The Morgan fingerprint density at radius 2 is 1.79 bits per heavy atom. The first-order chi connectivity index (χ1) is 8.90. The highest BCUT2D eigenvalue weighted by Crippen LogP contribution is 2.28. The lowest BCUT2D eigenvalue weighted by molar-refractivity contribution is -0.143. The van der Waals surface area contributed by atoms with Gasteiger partial charge in [0.25, 0.3) is 0 Å². The van der Waals surface area contributed by atoms with Crippen LogP contribution in [0.15, 0.2) is 0 Å². The van der Waals surface area contributed by atoms with Crippen LogP contribution in [0, 0.1) is 11.8 Å². The number of rotatable bonds is 6. The van der Waals surface area contributed by atoms with E-state index in [1.807, 2.05) is 0 Å². The van der Waals surface area contributed by atoms with E-state index in [0.29, 0.717) is 19.4 Å². The Kier molecular flexibility index (Phi) is 5.75.